The van der Waals surface area contributed by atoms with Crippen LogP contribution < -0.4 is 15.6 Å². The van der Waals surface area contributed by atoms with Crippen molar-refractivity contribution in [3.8, 4) is 16.9 Å². The summed E-state index contributed by atoms with van der Waals surface area (Å²) in [4.78, 5) is 18.1. The first-order valence-electron chi connectivity index (χ1n) is 12.6. The molecule has 2 unspecified atom stereocenters. The van der Waals surface area contributed by atoms with E-state index < -0.39 is 17.5 Å². The predicted molar refractivity (Wildman–Crippen MR) is 147 cm³/mol. The monoisotopic (exact) mass is 551 g/mol. The lowest BCUT2D eigenvalue weighted by molar-refractivity contribution is 0.387. The number of halogens is 3. The minimum atomic E-state index is -0.666. The molecule has 5 nitrogen and oxygen atoms in total. The number of ether oxygens (including phenoxy) is 1. The third-order valence-electron chi connectivity index (χ3n) is 7.25. The van der Waals surface area contributed by atoms with Gasteiger partial charge in [0.1, 0.15) is 11.6 Å². The van der Waals surface area contributed by atoms with Gasteiger partial charge in [-0.15, -0.1) is 11.8 Å². The van der Waals surface area contributed by atoms with Crippen LogP contribution in [0.3, 0.4) is 0 Å². The summed E-state index contributed by atoms with van der Waals surface area (Å²) in [7, 11) is 1.36. The van der Waals surface area contributed by atoms with Crippen LogP contribution in [0.15, 0.2) is 70.7 Å². The molecule has 9 heteroatoms. The first-order valence-corrected chi connectivity index (χ1v) is 13.6. The van der Waals surface area contributed by atoms with Gasteiger partial charge in [-0.05, 0) is 60.9 Å². The van der Waals surface area contributed by atoms with Crippen LogP contribution in [0, 0.1) is 24.4 Å². The van der Waals surface area contributed by atoms with Gasteiger partial charge in [0.15, 0.2) is 11.6 Å². The smallest absolute Gasteiger partial charge is 0.260 e. The molecule has 1 aliphatic heterocycles. The van der Waals surface area contributed by atoms with Gasteiger partial charge in [-0.2, -0.15) is 0 Å². The first kappa shape index (κ1) is 27.0. The van der Waals surface area contributed by atoms with Crippen LogP contribution in [0.5, 0.6) is 5.75 Å². The van der Waals surface area contributed by atoms with E-state index in [1.807, 2.05) is 19.1 Å². The lowest BCUT2D eigenvalue weighted by Gasteiger charge is -2.22. The van der Waals surface area contributed by atoms with Gasteiger partial charge >= 0.3 is 0 Å². The standard InChI is InChI=1S/C30H28F3N3O2S/c1-17-22(14-23-24(31)7-5-8-25(23)32)30-36(29(37)27(17)21-6-4-9-26(38-3)28(21)33)20(16-39-30)15-35-18(2)19-10-12-34-13-11-19/h4-13,18,20,35H,14-16H2,1-3H3. The third kappa shape index (κ3) is 5.08. The molecular formula is C30H28F3N3O2S. The molecule has 1 N–H and O–H groups in total. The second-order valence-electron chi connectivity index (χ2n) is 9.53. The summed E-state index contributed by atoms with van der Waals surface area (Å²) in [6.07, 6.45) is 3.38. The molecule has 202 valence electrons. The molecule has 0 radical (unpaired) electrons. The number of nitrogens with zero attached hydrogens (tertiary/aromatic N) is 2. The topological polar surface area (TPSA) is 56.1 Å². The Hall–Kier alpha value is -3.56. The molecule has 0 bridgehead atoms. The molecule has 2 aromatic carbocycles. The number of nitrogens with one attached hydrogen (secondary N) is 1. The molecule has 0 aliphatic carbocycles. The Balaban J connectivity index is 1.63. The Morgan fingerprint density at radius 1 is 1.08 bits per heavy atom. The first-order chi connectivity index (χ1) is 18.8. The summed E-state index contributed by atoms with van der Waals surface area (Å²) in [5, 5.41) is 4.13. The zero-order valence-corrected chi connectivity index (χ0v) is 22.6. The van der Waals surface area contributed by atoms with Gasteiger partial charge in [0.05, 0.1) is 23.7 Å². The van der Waals surface area contributed by atoms with Crippen LogP contribution in [0.1, 0.15) is 41.3 Å². The normalized spacial score (nSPS) is 15.3. The van der Waals surface area contributed by atoms with Gasteiger partial charge in [0, 0.05) is 48.3 Å². The number of aromatic nitrogens is 2. The van der Waals surface area contributed by atoms with Gasteiger partial charge in [-0.25, -0.2) is 13.2 Å². The molecule has 39 heavy (non-hydrogen) atoms. The molecule has 2 atom stereocenters. The van der Waals surface area contributed by atoms with Crippen LogP contribution in [-0.2, 0) is 6.42 Å². The van der Waals surface area contributed by atoms with E-state index in [-0.39, 0.29) is 46.5 Å². The highest BCUT2D eigenvalue weighted by atomic mass is 32.2. The molecule has 0 amide bonds. The number of benzene rings is 2. The molecule has 0 spiro atoms. The maximum Gasteiger partial charge on any atom is 0.260 e. The Bertz CT molecular complexity index is 1560. The predicted octanol–water partition coefficient (Wildman–Crippen LogP) is 6.23. The number of pyridine rings is 2. The Kier molecular flexibility index (Phi) is 7.81. The van der Waals surface area contributed by atoms with Gasteiger partial charge in [-0.3, -0.25) is 14.3 Å². The molecule has 4 aromatic rings. The molecule has 0 saturated carbocycles. The maximum absolute atomic E-state index is 15.5. The van der Waals surface area contributed by atoms with E-state index in [1.165, 1.54) is 49.2 Å². The summed E-state index contributed by atoms with van der Waals surface area (Å²) < 4.78 is 51.8. The zero-order chi connectivity index (χ0) is 27.7. The number of hydrogen-bond acceptors (Lipinski definition) is 5. The fourth-order valence-electron chi connectivity index (χ4n) is 5.07. The van der Waals surface area contributed by atoms with Crippen molar-refractivity contribution in [1.82, 2.24) is 14.9 Å². The van der Waals surface area contributed by atoms with Crippen molar-refractivity contribution in [1.29, 1.82) is 0 Å². The second-order valence-corrected chi connectivity index (χ2v) is 10.5. The lowest BCUT2D eigenvalue weighted by atomic mass is 9.94. The minimum absolute atomic E-state index is 0.00507. The summed E-state index contributed by atoms with van der Waals surface area (Å²) in [6, 6.07) is 12.0. The van der Waals surface area contributed by atoms with Crippen LogP contribution in [0.2, 0.25) is 0 Å². The number of thioether (sulfide) groups is 1. The quantitative estimate of drug-likeness (QED) is 0.281. The van der Waals surface area contributed by atoms with Crippen LogP contribution in [0.25, 0.3) is 11.1 Å². The molecule has 0 saturated heterocycles. The van der Waals surface area contributed by atoms with Crippen molar-refractivity contribution in [2.75, 3.05) is 19.4 Å². The Labute approximate surface area is 229 Å². The molecule has 1 aliphatic rings. The number of methoxy groups -OCH3 is 1. The highest BCUT2D eigenvalue weighted by Crippen LogP contribution is 2.40. The average molecular weight is 552 g/mol. The maximum atomic E-state index is 15.5. The SMILES string of the molecule is COc1cccc(-c2c(C)c(Cc3c(F)cccc3F)c3n(c2=O)C(CNC(C)c2ccncc2)CS3)c1F. The molecular weight excluding hydrogens is 523 g/mol. The van der Waals surface area contributed by atoms with E-state index >= 15 is 4.39 Å². The van der Waals surface area contributed by atoms with Crippen LogP contribution >= 0.6 is 11.8 Å². The van der Waals surface area contributed by atoms with Gasteiger partial charge in [0.2, 0.25) is 0 Å². The largest absolute Gasteiger partial charge is 0.494 e. The van der Waals surface area contributed by atoms with Gasteiger partial charge < -0.3 is 10.1 Å². The fraction of sp³-hybridized carbons (Fsp3) is 0.267. The summed E-state index contributed by atoms with van der Waals surface area (Å²) in [5.41, 5.74) is 1.97. The summed E-state index contributed by atoms with van der Waals surface area (Å²) in [5.74, 6) is -1.39. The third-order valence-corrected chi connectivity index (χ3v) is 8.52. The Morgan fingerprint density at radius 3 is 2.46 bits per heavy atom. The number of fused-ring (bicyclic) bond motifs is 1. The van der Waals surface area contributed by atoms with E-state index in [4.69, 9.17) is 4.74 Å². The number of hydrogen-bond donors (Lipinski definition) is 1. The van der Waals surface area contributed by atoms with Crippen molar-refractivity contribution in [2.24, 2.45) is 0 Å². The zero-order valence-electron chi connectivity index (χ0n) is 21.8. The summed E-state index contributed by atoms with van der Waals surface area (Å²) in [6.45, 7) is 4.21. The van der Waals surface area contributed by atoms with Gasteiger partial charge in [0.25, 0.3) is 5.56 Å². The molecule has 2 aromatic heterocycles. The Morgan fingerprint density at radius 2 is 1.77 bits per heavy atom. The van der Waals surface area contributed by atoms with E-state index in [0.29, 0.717) is 28.5 Å². The average Bonchev–Trinajstić information content (AvgIpc) is 3.36. The summed E-state index contributed by atoms with van der Waals surface area (Å²) >= 11 is 1.47. The van der Waals surface area contributed by atoms with Crippen molar-refractivity contribution in [3.63, 3.8) is 0 Å². The molecule has 0 fully saturated rings. The van der Waals surface area contributed by atoms with Crippen molar-refractivity contribution >= 4 is 11.8 Å². The lowest BCUT2D eigenvalue weighted by Crippen LogP contribution is -2.34. The highest BCUT2D eigenvalue weighted by molar-refractivity contribution is 7.99. The molecule has 5 rings (SSSR count). The second kappa shape index (κ2) is 11.3. The van der Waals surface area contributed by atoms with Crippen molar-refractivity contribution in [3.05, 3.63) is 111 Å². The van der Waals surface area contributed by atoms with E-state index in [2.05, 4.69) is 10.3 Å². The number of rotatable bonds is 8. The highest BCUT2D eigenvalue weighted by Gasteiger charge is 2.32. The van der Waals surface area contributed by atoms with E-state index in [0.717, 1.165) is 5.56 Å². The van der Waals surface area contributed by atoms with E-state index in [1.54, 1.807) is 30.0 Å². The van der Waals surface area contributed by atoms with Crippen LogP contribution in [0.4, 0.5) is 13.2 Å². The minimum Gasteiger partial charge on any atom is -0.494 e. The van der Waals surface area contributed by atoms with Crippen molar-refractivity contribution < 1.29 is 17.9 Å². The molecule has 3 heterocycles. The van der Waals surface area contributed by atoms with E-state index in [9.17, 15) is 13.6 Å². The van der Waals surface area contributed by atoms with Crippen molar-refractivity contribution in [2.45, 2.75) is 37.4 Å². The van der Waals surface area contributed by atoms with Crippen LogP contribution in [-0.4, -0.2) is 29.0 Å². The fourth-order valence-corrected chi connectivity index (χ4v) is 6.45. The van der Waals surface area contributed by atoms with Gasteiger partial charge in [-0.1, -0.05) is 18.2 Å².